The van der Waals surface area contributed by atoms with Crippen LogP contribution in [-0.2, 0) is 14.3 Å². The number of unbranched alkanes of at least 4 members (excludes halogenated alkanes) is 2. The molecule has 0 spiro atoms. The molecule has 3 amide bonds. The molecule has 25 heavy (non-hydrogen) atoms. The smallest absolute Gasteiger partial charge is 0.407 e. The van der Waals surface area contributed by atoms with Crippen molar-refractivity contribution in [3.8, 4) is 0 Å². The van der Waals surface area contributed by atoms with Crippen molar-refractivity contribution in [3.05, 3.63) is 0 Å². The van der Waals surface area contributed by atoms with Gasteiger partial charge in [-0.3, -0.25) is 4.79 Å². The first-order chi connectivity index (χ1) is 12.0. The molecule has 0 aliphatic heterocycles. The Morgan fingerprint density at radius 3 is 1.68 bits per heavy atom. The summed E-state index contributed by atoms with van der Waals surface area (Å²) in [7, 11) is 0. The Kier molecular flexibility index (Phi) is 14.2. The third-order valence-electron chi connectivity index (χ3n) is 3.32. The average Bonchev–Trinajstić information content (AvgIpc) is 2.60. The fourth-order valence-electron chi connectivity index (χ4n) is 1.82. The number of hydrogen-bond acceptors (Lipinski definition) is 6. The van der Waals surface area contributed by atoms with Crippen LogP contribution < -0.4 is 16.4 Å². The van der Waals surface area contributed by atoms with Gasteiger partial charge in [0.15, 0.2) is 0 Å². The Balaban J connectivity index is 4.02. The maximum atomic E-state index is 11.8. The lowest BCUT2D eigenvalue weighted by atomic mass is 10.3. The van der Waals surface area contributed by atoms with Crippen molar-refractivity contribution in [2.24, 2.45) is 5.73 Å². The zero-order chi connectivity index (χ0) is 18.9. The van der Waals surface area contributed by atoms with Crippen LogP contribution in [0.2, 0.25) is 0 Å². The third-order valence-corrected chi connectivity index (χ3v) is 3.32. The number of alkyl carbamates (subject to hydrolysis) is 2. The molecule has 0 aromatic carbocycles. The maximum Gasteiger partial charge on any atom is 0.407 e. The van der Waals surface area contributed by atoms with E-state index in [0.29, 0.717) is 13.1 Å². The summed E-state index contributed by atoms with van der Waals surface area (Å²) in [6.45, 7) is 5.48. The molecular formula is C16H32N4O5. The molecule has 0 aromatic heterocycles. The highest BCUT2D eigenvalue weighted by Crippen LogP contribution is 1.93. The SMILES string of the molecule is CCCCNC(=O)OCCN(CCOC(=O)NCCCC)C(=O)CN. The van der Waals surface area contributed by atoms with Gasteiger partial charge in [0.25, 0.3) is 0 Å². The lowest BCUT2D eigenvalue weighted by molar-refractivity contribution is -0.130. The fourth-order valence-corrected chi connectivity index (χ4v) is 1.82. The molecule has 0 bridgehead atoms. The quantitative estimate of drug-likeness (QED) is 0.418. The van der Waals surface area contributed by atoms with E-state index in [9.17, 15) is 14.4 Å². The largest absolute Gasteiger partial charge is 0.448 e. The number of carbonyl (C=O) groups excluding carboxylic acids is 3. The normalized spacial score (nSPS) is 10.0. The summed E-state index contributed by atoms with van der Waals surface area (Å²) in [6.07, 6.45) is 2.69. The van der Waals surface area contributed by atoms with Crippen LogP contribution in [0.5, 0.6) is 0 Å². The molecule has 0 fully saturated rings. The summed E-state index contributed by atoms with van der Waals surface area (Å²) in [5.74, 6) is -0.301. The van der Waals surface area contributed by atoms with Crippen LogP contribution in [0.1, 0.15) is 39.5 Å². The molecule has 146 valence electrons. The number of carbonyl (C=O) groups is 3. The summed E-state index contributed by atoms with van der Waals surface area (Å²) >= 11 is 0. The van der Waals surface area contributed by atoms with Crippen LogP contribution in [0, 0.1) is 0 Å². The Morgan fingerprint density at radius 1 is 0.880 bits per heavy atom. The number of hydrogen-bond donors (Lipinski definition) is 3. The van der Waals surface area contributed by atoms with Gasteiger partial charge in [-0.25, -0.2) is 9.59 Å². The molecule has 0 rings (SSSR count). The van der Waals surface area contributed by atoms with E-state index in [2.05, 4.69) is 10.6 Å². The molecule has 0 heterocycles. The van der Waals surface area contributed by atoms with Crippen molar-refractivity contribution in [1.82, 2.24) is 15.5 Å². The van der Waals surface area contributed by atoms with Gasteiger partial charge in [0.05, 0.1) is 19.6 Å². The third kappa shape index (κ3) is 13.0. The summed E-state index contributed by atoms with van der Waals surface area (Å²) in [5, 5.41) is 5.23. The van der Waals surface area contributed by atoms with E-state index in [0.717, 1.165) is 25.7 Å². The second-order valence-electron chi connectivity index (χ2n) is 5.42. The Morgan fingerprint density at radius 2 is 1.32 bits per heavy atom. The molecule has 9 heteroatoms. The molecule has 0 unspecified atom stereocenters. The molecule has 0 aliphatic rings. The van der Waals surface area contributed by atoms with E-state index >= 15 is 0 Å². The molecule has 0 saturated carbocycles. The van der Waals surface area contributed by atoms with Gasteiger partial charge >= 0.3 is 12.2 Å². The van der Waals surface area contributed by atoms with Crippen LogP contribution in [0.25, 0.3) is 0 Å². The lowest BCUT2D eigenvalue weighted by Crippen LogP contribution is -2.41. The van der Waals surface area contributed by atoms with Crippen LogP contribution in [0.3, 0.4) is 0 Å². The highest BCUT2D eigenvalue weighted by Gasteiger charge is 2.13. The summed E-state index contributed by atoms with van der Waals surface area (Å²) in [5.41, 5.74) is 5.37. The van der Waals surface area contributed by atoms with Gasteiger partial charge in [0.2, 0.25) is 5.91 Å². The summed E-state index contributed by atoms with van der Waals surface area (Å²) in [6, 6.07) is 0. The van der Waals surface area contributed by atoms with E-state index in [1.807, 2.05) is 13.8 Å². The number of nitrogens with two attached hydrogens (primary N) is 1. The van der Waals surface area contributed by atoms with Crippen molar-refractivity contribution in [2.75, 3.05) is 45.9 Å². The molecule has 4 N–H and O–H groups in total. The first kappa shape index (κ1) is 23.0. The van der Waals surface area contributed by atoms with Gasteiger partial charge < -0.3 is 30.7 Å². The number of rotatable bonds is 13. The molecule has 0 saturated heterocycles. The van der Waals surface area contributed by atoms with E-state index in [4.69, 9.17) is 15.2 Å². The van der Waals surface area contributed by atoms with Gasteiger partial charge in [-0.15, -0.1) is 0 Å². The van der Waals surface area contributed by atoms with Crippen LogP contribution in [0.4, 0.5) is 9.59 Å². The number of ether oxygens (including phenoxy) is 2. The maximum absolute atomic E-state index is 11.8. The van der Waals surface area contributed by atoms with Gasteiger partial charge in [-0.1, -0.05) is 26.7 Å². The zero-order valence-corrected chi connectivity index (χ0v) is 15.3. The van der Waals surface area contributed by atoms with Crippen molar-refractivity contribution >= 4 is 18.1 Å². The van der Waals surface area contributed by atoms with E-state index in [1.54, 1.807) is 0 Å². The highest BCUT2D eigenvalue weighted by atomic mass is 16.6. The molecular weight excluding hydrogens is 328 g/mol. The van der Waals surface area contributed by atoms with E-state index < -0.39 is 12.2 Å². The van der Waals surface area contributed by atoms with Crippen LogP contribution in [-0.4, -0.2) is 68.9 Å². The average molecular weight is 360 g/mol. The first-order valence-electron chi connectivity index (χ1n) is 8.84. The first-order valence-corrected chi connectivity index (χ1v) is 8.84. The Hall–Kier alpha value is -2.03. The lowest BCUT2D eigenvalue weighted by Gasteiger charge is -2.21. The van der Waals surface area contributed by atoms with Crippen molar-refractivity contribution < 1.29 is 23.9 Å². The monoisotopic (exact) mass is 360 g/mol. The minimum atomic E-state index is -0.514. The van der Waals surface area contributed by atoms with Crippen molar-refractivity contribution in [1.29, 1.82) is 0 Å². The number of nitrogens with zero attached hydrogens (tertiary/aromatic N) is 1. The number of amides is 3. The van der Waals surface area contributed by atoms with Crippen molar-refractivity contribution in [2.45, 2.75) is 39.5 Å². The molecule has 9 nitrogen and oxygen atoms in total. The fraction of sp³-hybridized carbons (Fsp3) is 0.812. The van der Waals surface area contributed by atoms with E-state index in [1.165, 1.54) is 4.90 Å². The Labute approximate surface area is 149 Å². The highest BCUT2D eigenvalue weighted by molar-refractivity contribution is 5.78. The zero-order valence-electron chi connectivity index (χ0n) is 15.3. The minimum Gasteiger partial charge on any atom is -0.448 e. The minimum absolute atomic E-state index is 0.0480. The van der Waals surface area contributed by atoms with Gasteiger partial charge in [0.1, 0.15) is 13.2 Å². The molecule has 0 atom stereocenters. The number of nitrogens with one attached hydrogen (secondary N) is 2. The molecule has 0 aromatic rings. The predicted molar refractivity (Wildman–Crippen MR) is 94.2 cm³/mol. The standard InChI is InChI=1S/C16H32N4O5/c1-3-5-7-18-15(22)24-11-9-20(14(21)13-17)10-12-25-16(23)19-8-6-4-2/h3-13,17H2,1-2H3,(H,18,22)(H,19,23). The van der Waals surface area contributed by atoms with Crippen LogP contribution >= 0.6 is 0 Å². The van der Waals surface area contributed by atoms with Gasteiger partial charge in [0, 0.05) is 13.1 Å². The second kappa shape index (κ2) is 15.5. The molecule has 0 aliphatic carbocycles. The van der Waals surface area contributed by atoms with Crippen molar-refractivity contribution in [3.63, 3.8) is 0 Å². The van der Waals surface area contributed by atoms with Crippen LogP contribution in [0.15, 0.2) is 0 Å². The summed E-state index contributed by atoms with van der Waals surface area (Å²) in [4.78, 5) is 36.0. The predicted octanol–water partition coefficient (Wildman–Crippen LogP) is 0.826. The van der Waals surface area contributed by atoms with E-state index in [-0.39, 0.29) is 38.8 Å². The molecule has 0 radical (unpaired) electrons. The van der Waals surface area contributed by atoms with Gasteiger partial charge in [-0.05, 0) is 12.8 Å². The Bertz CT molecular complexity index is 365. The topological polar surface area (TPSA) is 123 Å². The van der Waals surface area contributed by atoms with Gasteiger partial charge in [-0.2, -0.15) is 0 Å². The second-order valence-corrected chi connectivity index (χ2v) is 5.42. The summed E-state index contributed by atoms with van der Waals surface area (Å²) < 4.78 is 10.0.